The van der Waals surface area contributed by atoms with Crippen LogP contribution >= 0.6 is 0 Å². The number of unbranched alkanes of at least 4 members (excludes halogenated alkanes) is 1. The standard InChI is InChI=1S/C17H35N5/c1-17(2)7-10-22(15-17)16(18-3)19-8-5-6-9-21-13-11-20(4)12-14-21/h5-15H2,1-4H3,(H,18,19). The molecule has 2 rings (SSSR count). The van der Waals surface area contributed by atoms with Gasteiger partial charge in [-0.05, 0) is 38.3 Å². The number of piperazine rings is 1. The monoisotopic (exact) mass is 309 g/mol. The van der Waals surface area contributed by atoms with Crippen molar-refractivity contribution in [3.05, 3.63) is 0 Å². The summed E-state index contributed by atoms with van der Waals surface area (Å²) in [5.74, 6) is 1.09. The first-order chi connectivity index (χ1) is 10.5. The average Bonchev–Trinajstić information content (AvgIpc) is 2.85. The summed E-state index contributed by atoms with van der Waals surface area (Å²) < 4.78 is 0. The Hall–Kier alpha value is -0.810. The Morgan fingerprint density at radius 2 is 1.82 bits per heavy atom. The topological polar surface area (TPSA) is 34.1 Å². The van der Waals surface area contributed by atoms with Crippen molar-refractivity contribution in [2.45, 2.75) is 33.1 Å². The van der Waals surface area contributed by atoms with Gasteiger partial charge in [-0.15, -0.1) is 0 Å². The summed E-state index contributed by atoms with van der Waals surface area (Å²) in [5, 5.41) is 3.54. The summed E-state index contributed by atoms with van der Waals surface area (Å²) >= 11 is 0. The summed E-state index contributed by atoms with van der Waals surface area (Å²) in [6.45, 7) is 14.1. The Balaban J connectivity index is 1.57. The third-order valence-electron chi connectivity index (χ3n) is 4.97. The van der Waals surface area contributed by atoms with Crippen LogP contribution < -0.4 is 5.32 Å². The Kier molecular flexibility index (Phi) is 6.50. The van der Waals surface area contributed by atoms with E-state index in [4.69, 9.17) is 0 Å². The number of likely N-dealkylation sites (tertiary alicyclic amines) is 1. The first-order valence-electron chi connectivity index (χ1n) is 8.87. The number of nitrogens with one attached hydrogen (secondary N) is 1. The number of nitrogens with zero attached hydrogens (tertiary/aromatic N) is 4. The highest BCUT2D eigenvalue weighted by Crippen LogP contribution is 2.28. The van der Waals surface area contributed by atoms with Gasteiger partial charge in [0, 0.05) is 52.9 Å². The maximum absolute atomic E-state index is 4.45. The summed E-state index contributed by atoms with van der Waals surface area (Å²) in [7, 11) is 4.12. The molecule has 0 unspecified atom stereocenters. The molecule has 2 aliphatic rings. The van der Waals surface area contributed by atoms with Crippen LogP contribution in [0.2, 0.25) is 0 Å². The predicted octanol–water partition coefficient (Wildman–Crippen LogP) is 1.32. The van der Waals surface area contributed by atoms with Crippen LogP contribution in [0.25, 0.3) is 0 Å². The molecule has 128 valence electrons. The van der Waals surface area contributed by atoms with E-state index in [9.17, 15) is 0 Å². The van der Waals surface area contributed by atoms with E-state index in [0.29, 0.717) is 5.41 Å². The van der Waals surface area contributed by atoms with Crippen LogP contribution in [0.5, 0.6) is 0 Å². The molecule has 0 atom stereocenters. The van der Waals surface area contributed by atoms with Gasteiger partial charge in [-0.2, -0.15) is 0 Å². The zero-order valence-corrected chi connectivity index (χ0v) is 15.1. The van der Waals surface area contributed by atoms with Gasteiger partial charge >= 0.3 is 0 Å². The minimum absolute atomic E-state index is 0.430. The van der Waals surface area contributed by atoms with Crippen LogP contribution in [0.3, 0.4) is 0 Å². The minimum atomic E-state index is 0.430. The normalized spacial score (nSPS) is 24.0. The zero-order valence-electron chi connectivity index (χ0n) is 15.1. The predicted molar refractivity (Wildman–Crippen MR) is 94.5 cm³/mol. The molecular formula is C17H35N5. The highest BCUT2D eigenvalue weighted by Gasteiger charge is 2.30. The molecule has 2 saturated heterocycles. The van der Waals surface area contributed by atoms with Gasteiger partial charge in [0.1, 0.15) is 0 Å². The molecule has 0 aliphatic carbocycles. The van der Waals surface area contributed by atoms with Gasteiger partial charge in [-0.1, -0.05) is 13.8 Å². The maximum atomic E-state index is 4.45. The molecule has 0 saturated carbocycles. The Bertz CT molecular complexity index is 358. The van der Waals surface area contributed by atoms with E-state index in [-0.39, 0.29) is 0 Å². The van der Waals surface area contributed by atoms with Crippen LogP contribution in [-0.2, 0) is 0 Å². The molecule has 5 nitrogen and oxygen atoms in total. The largest absolute Gasteiger partial charge is 0.356 e. The summed E-state index contributed by atoms with van der Waals surface area (Å²) in [4.78, 5) is 11.9. The van der Waals surface area contributed by atoms with Crippen molar-refractivity contribution < 1.29 is 0 Å². The first kappa shape index (κ1) is 17.5. The quantitative estimate of drug-likeness (QED) is 0.472. The molecule has 0 bridgehead atoms. The van der Waals surface area contributed by atoms with Gasteiger partial charge in [0.05, 0.1) is 0 Å². The fraction of sp³-hybridized carbons (Fsp3) is 0.941. The molecule has 0 radical (unpaired) electrons. The molecular weight excluding hydrogens is 274 g/mol. The van der Waals surface area contributed by atoms with Crippen LogP contribution in [0.15, 0.2) is 4.99 Å². The van der Waals surface area contributed by atoms with Gasteiger partial charge in [0.15, 0.2) is 5.96 Å². The van der Waals surface area contributed by atoms with Crippen molar-refractivity contribution in [2.75, 3.05) is 66.5 Å². The van der Waals surface area contributed by atoms with Crippen LogP contribution in [0.1, 0.15) is 33.1 Å². The SMILES string of the molecule is CN=C(NCCCCN1CCN(C)CC1)N1CCC(C)(C)C1. The van der Waals surface area contributed by atoms with E-state index < -0.39 is 0 Å². The Morgan fingerprint density at radius 3 is 2.41 bits per heavy atom. The van der Waals surface area contributed by atoms with Crippen molar-refractivity contribution in [2.24, 2.45) is 10.4 Å². The maximum Gasteiger partial charge on any atom is 0.193 e. The fourth-order valence-corrected chi connectivity index (χ4v) is 3.36. The van der Waals surface area contributed by atoms with Crippen molar-refractivity contribution in [1.82, 2.24) is 20.0 Å². The Morgan fingerprint density at radius 1 is 1.09 bits per heavy atom. The summed E-state index contributed by atoms with van der Waals surface area (Å²) in [6.07, 6.45) is 3.76. The van der Waals surface area contributed by atoms with Crippen molar-refractivity contribution in [3.8, 4) is 0 Å². The fourth-order valence-electron chi connectivity index (χ4n) is 3.36. The van der Waals surface area contributed by atoms with Gasteiger partial charge in [0.2, 0.25) is 0 Å². The first-order valence-corrected chi connectivity index (χ1v) is 8.87. The molecule has 2 fully saturated rings. The smallest absolute Gasteiger partial charge is 0.193 e. The highest BCUT2D eigenvalue weighted by molar-refractivity contribution is 5.80. The van der Waals surface area contributed by atoms with E-state index in [2.05, 4.69) is 45.9 Å². The number of likely N-dealkylation sites (N-methyl/N-ethyl adjacent to an activating group) is 1. The molecule has 2 heterocycles. The van der Waals surface area contributed by atoms with Crippen LogP contribution in [0, 0.1) is 5.41 Å². The van der Waals surface area contributed by atoms with Gasteiger partial charge in [0.25, 0.3) is 0 Å². The second kappa shape index (κ2) is 8.16. The molecule has 22 heavy (non-hydrogen) atoms. The lowest BCUT2D eigenvalue weighted by Crippen LogP contribution is -2.45. The van der Waals surface area contributed by atoms with Gasteiger partial charge in [-0.25, -0.2) is 0 Å². The second-order valence-electron chi connectivity index (χ2n) is 7.66. The van der Waals surface area contributed by atoms with Crippen molar-refractivity contribution >= 4 is 5.96 Å². The van der Waals surface area contributed by atoms with E-state index >= 15 is 0 Å². The third-order valence-corrected chi connectivity index (χ3v) is 4.97. The van der Waals surface area contributed by atoms with Gasteiger partial charge in [-0.3, -0.25) is 4.99 Å². The van der Waals surface area contributed by atoms with Gasteiger partial charge < -0.3 is 20.0 Å². The van der Waals surface area contributed by atoms with Crippen molar-refractivity contribution in [1.29, 1.82) is 0 Å². The zero-order chi connectivity index (χ0) is 16.0. The number of hydrogen-bond acceptors (Lipinski definition) is 3. The number of rotatable bonds is 5. The van der Waals surface area contributed by atoms with E-state index in [1.54, 1.807) is 0 Å². The third kappa shape index (κ3) is 5.43. The number of guanidine groups is 1. The molecule has 5 heteroatoms. The molecule has 2 aliphatic heterocycles. The molecule has 0 amide bonds. The van der Waals surface area contributed by atoms with Crippen molar-refractivity contribution in [3.63, 3.8) is 0 Å². The molecule has 1 N–H and O–H groups in total. The average molecular weight is 310 g/mol. The number of aliphatic imine (C=N–C) groups is 1. The molecule has 0 aromatic rings. The molecule has 0 aromatic heterocycles. The lowest BCUT2D eigenvalue weighted by molar-refractivity contribution is 0.152. The summed E-state index contributed by atoms with van der Waals surface area (Å²) in [5.41, 5.74) is 0.430. The Labute approximate surface area is 136 Å². The second-order valence-corrected chi connectivity index (χ2v) is 7.66. The highest BCUT2D eigenvalue weighted by atomic mass is 15.3. The van der Waals surface area contributed by atoms with Crippen LogP contribution in [-0.4, -0.2) is 87.1 Å². The summed E-state index contributed by atoms with van der Waals surface area (Å²) in [6, 6.07) is 0. The lowest BCUT2D eigenvalue weighted by Gasteiger charge is -2.32. The lowest BCUT2D eigenvalue weighted by atomic mass is 9.93. The van der Waals surface area contributed by atoms with Crippen LogP contribution in [0.4, 0.5) is 0 Å². The van der Waals surface area contributed by atoms with E-state index in [1.807, 2.05) is 7.05 Å². The van der Waals surface area contributed by atoms with E-state index in [0.717, 1.165) is 25.6 Å². The van der Waals surface area contributed by atoms with E-state index in [1.165, 1.54) is 52.0 Å². The molecule has 0 aromatic carbocycles. The minimum Gasteiger partial charge on any atom is -0.356 e. The molecule has 0 spiro atoms. The number of hydrogen-bond donors (Lipinski definition) is 1.